The average Bonchev–Trinajstić information content (AvgIpc) is 3.18. The van der Waals surface area contributed by atoms with Gasteiger partial charge in [-0.3, -0.25) is 14.3 Å². The van der Waals surface area contributed by atoms with Crippen molar-refractivity contribution in [1.82, 2.24) is 23.9 Å². The number of hydrogen-bond acceptors (Lipinski definition) is 8. The molecule has 4 rings (SSSR count). The largest absolute Gasteiger partial charge is 0.462 e. The number of ether oxygens (including phenoxy) is 1. The summed E-state index contributed by atoms with van der Waals surface area (Å²) < 4.78 is 11.0. The van der Waals surface area contributed by atoms with Crippen LogP contribution in [0.15, 0.2) is 41.6 Å². The van der Waals surface area contributed by atoms with Gasteiger partial charge in [-0.15, -0.1) is 0 Å². The van der Waals surface area contributed by atoms with Crippen LogP contribution < -0.4 is 5.43 Å². The first kappa shape index (κ1) is 19.2. The third-order valence-electron chi connectivity index (χ3n) is 4.18. The predicted octanol–water partition coefficient (Wildman–Crippen LogP) is 3.44. The molecule has 0 bridgehead atoms. The summed E-state index contributed by atoms with van der Waals surface area (Å²) in [6, 6.07) is 5.16. The van der Waals surface area contributed by atoms with Gasteiger partial charge in [0.1, 0.15) is 10.7 Å². The maximum Gasteiger partial charge on any atom is 0.343 e. The molecule has 0 aliphatic carbocycles. The van der Waals surface area contributed by atoms with Crippen LogP contribution in [0.25, 0.3) is 27.6 Å². The molecule has 8 nitrogen and oxygen atoms in total. The van der Waals surface area contributed by atoms with E-state index in [1.807, 2.05) is 0 Å². The first-order chi connectivity index (χ1) is 14.0. The zero-order valence-electron chi connectivity index (χ0n) is 15.4. The second-order valence-electron chi connectivity index (χ2n) is 6.06. The minimum atomic E-state index is -0.707. The lowest BCUT2D eigenvalue weighted by Crippen LogP contribution is -2.21. The standard InChI is InChI=1S/C19H14ClN5O3S/c1-3-28-18(27)12-9-25(17-14(15(12)26)10(2)8-13(20)22-17)19-23-16(24-29-19)11-4-6-21-7-5-11/h4-9H,3H2,1-2H3. The van der Waals surface area contributed by atoms with Crippen molar-refractivity contribution in [2.24, 2.45) is 0 Å². The molecule has 10 heteroatoms. The first-order valence-corrected chi connectivity index (χ1v) is 9.79. The van der Waals surface area contributed by atoms with E-state index in [4.69, 9.17) is 16.3 Å². The number of hydrogen-bond donors (Lipinski definition) is 0. The van der Waals surface area contributed by atoms with Gasteiger partial charge in [-0.1, -0.05) is 11.6 Å². The fourth-order valence-corrected chi connectivity index (χ4v) is 3.80. The Kier molecular flexibility index (Phi) is 5.08. The Bertz CT molecular complexity index is 1290. The molecule has 0 atom stereocenters. The molecule has 0 aromatic carbocycles. The Balaban J connectivity index is 1.99. The zero-order chi connectivity index (χ0) is 20.5. The van der Waals surface area contributed by atoms with Gasteiger partial charge in [0.2, 0.25) is 10.6 Å². The molecule has 4 aromatic heterocycles. The summed E-state index contributed by atoms with van der Waals surface area (Å²) in [5, 5.41) is 0.938. The van der Waals surface area contributed by atoms with E-state index >= 15 is 0 Å². The van der Waals surface area contributed by atoms with Crippen molar-refractivity contribution in [2.45, 2.75) is 13.8 Å². The molecule has 0 aliphatic rings. The molecule has 0 radical (unpaired) electrons. The summed E-state index contributed by atoms with van der Waals surface area (Å²) in [7, 11) is 0. The monoisotopic (exact) mass is 427 g/mol. The number of esters is 1. The number of rotatable bonds is 4. The number of pyridine rings is 3. The van der Waals surface area contributed by atoms with Crippen LogP contribution >= 0.6 is 23.1 Å². The van der Waals surface area contributed by atoms with Crippen LogP contribution in [-0.4, -0.2) is 36.5 Å². The first-order valence-electron chi connectivity index (χ1n) is 8.63. The molecule has 0 fully saturated rings. The van der Waals surface area contributed by atoms with Crippen LogP contribution in [0.3, 0.4) is 0 Å². The smallest absolute Gasteiger partial charge is 0.343 e. The third-order valence-corrected chi connectivity index (χ3v) is 5.09. The van der Waals surface area contributed by atoms with Gasteiger partial charge in [-0.25, -0.2) is 9.78 Å². The molecule has 0 amide bonds. The van der Waals surface area contributed by atoms with E-state index in [9.17, 15) is 9.59 Å². The molecule has 4 heterocycles. The highest BCUT2D eigenvalue weighted by atomic mass is 35.5. The van der Waals surface area contributed by atoms with Gasteiger partial charge in [-0.05, 0) is 37.6 Å². The quantitative estimate of drug-likeness (QED) is 0.363. The highest BCUT2D eigenvalue weighted by molar-refractivity contribution is 7.08. The molecule has 29 heavy (non-hydrogen) atoms. The summed E-state index contributed by atoms with van der Waals surface area (Å²) >= 11 is 7.24. The normalized spacial score (nSPS) is 11.0. The Morgan fingerprint density at radius 2 is 2.03 bits per heavy atom. The Morgan fingerprint density at radius 1 is 1.28 bits per heavy atom. The van der Waals surface area contributed by atoms with Crippen LogP contribution in [0, 0.1) is 6.92 Å². The average molecular weight is 428 g/mol. The van der Waals surface area contributed by atoms with Gasteiger partial charge in [0.15, 0.2) is 11.5 Å². The van der Waals surface area contributed by atoms with E-state index in [0.29, 0.717) is 22.2 Å². The molecule has 4 aromatic rings. The SMILES string of the molecule is CCOC(=O)c1cn(-c2nc(-c3ccncc3)ns2)c2nc(Cl)cc(C)c2c1=O. The highest BCUT2D eigenvalue weighted by Crippen LogP contribution is 2.25. The lowest BCUT2D eigenvalue weighted by Gasteiger charge is -2.11. The van der Waals surface area contributed by atoms with Crippen LogP contribution in [-0.2, 0) is 4.74 Å². The molecule has 0 saturated heterocycles. The molecule has 0 spiro atoms. The predicted molar refractivity (Wildman–Crippen MR) is 110 cm³/mol. The number of carbonyl (C=O) groups is 1. The van der Waals surface area contributed by atoms with E-state index in [-0.39, 0.29) is 22.7 Å². The van der Waals surface area contributed by atoms with Gasteiger partial charge in [-0.2, -0.15) is 9.36 Å². The number of fused-ring (bicyclic) bond motifs is 1. The van der Waals surface area contributed by atoms with Gasteiger partial charge in [0.25, 0.3) is 0 Å². The minimum absolute atomic E-state index is 0.104. The molecule has 0 aliphatic heterocycles. The zero-order valence-corrected chi connectivity index (χ0v) is 17.0. The molecular weight excluding hydrogens is 414 g/mol. The Labute approximate surface area is 174 Å². The summed E-state index contributed by atoms with van der Waals surface area (Å²) in [6.45, 7) is 3.56. The lowest BCUT2D eigenvalue weighted by atomic mass is 10.1. The van der Waals surface area contributed by atoms with Crippen molar-refractivity contribution in [3.63, 3.8) is 0 Å². The Hall–Kier alpha value is -3.17. The van der Waals surface area contributed by atoms with Crippen molar-refractivity contribution < 1.29 is 9.53 Å². The lowest BCUT2D eigenvalue weighted by molar-refractivity contribution is 0.0524. The summed E-state index contributed by atoms with van der Waals surface area (Å²) in [5.41, 5.74) is 1.12. The van der Waals surface area contributed by atoms with Gasteiger partial charge in [0.05, 0.1) is 12.0 Å². The van der Waals surface area contributed by atoms with Crippen molar-refractivity contribution in [1.29, 1.82) is 0 Å². The number of halogens is 1. The van der Waals surface area contributed by atoms with Gasteiger partial charge >= 0.3 is 5.97 Å². The summed E-state index contributed by atoms with van der Waals surface area (Å²) in [5.74, 6) is -0.211. The highest BCUT2D eigenvalue weighted by Gasteiger charge is 2.21. The second-order valence-corrected chi connectivity index (χ2v) is 7.18. The number of aromatic nitrogens is 5. The Morgan fingerprint density at radius 3 is 2.76 bits per heavy atom. The second kappa shape index (κ2) is 7.69. The fourth-order valence-electron chi connectivity index (χ4n) is 2.89. The van der Waals surface area contributed by atoms with Crippen LogP contribution in [0.5, 0.6) is 0 Å². The van der Waals surface area contributed by atoms with Crippen molar-refractivity contribution in [3.8, 4) is 16.5 Å². The van der Waals surface area contributed by atoms with Crippen molar-refractivity contribution in [3.05, 3.63) is 63.3 Å². The van der Waals surface area contributed by atoms with Crippen molar-refractivity contribution in [2.75, 3.05) is 6.61 Å². The van der Waals surface area contributed by atoms with Gasteiger partial charge in [0, 0.05) is 35.7 Å². The van der Waals surface area contributed by atoms with E-state index in [1.54, 1.807) is 49.0 Å². The third kappa shape index (κ3) is 3.50. The number of aryl methyl sites for hydroxylation is 1. The number of nitrogens with zero attached hydrogens (tertiary/aromatic N) is 5. The maximum atomic E-state index is 13.0. The molecular formula is C19H14ClN5O3S. The van der Waals surface area contributed by atoms with Crippen molar-refractivity contribution >= 4 is 40.1 Å². The minimum Gasteiger partial charge on any atom is -0.462 e. The number of carbonyl (C=O) groups excluding carboxylic acids is 1. The van der Waals surface area contributed by atoms with E-state index in [2.05, 4.69) is 19.3 Å². The van der Waals surface area contributed by atoms with E-state index in [0.717, 1.165) is 17.1 Å². The molecule has 0 N–H and O–H groups in total. The van der Waals surface area contributed by atoms with E-state index < -0.39 is 11.4 Å². The van der Waals surface area contributed by atoms with Crippen LogP contribution in [0.4, 0.5) is 0 Å². The van der Waals surface area contributed by atoms with Crippen LogP contribution in [0.2, 0.25) is 5.15 Å². The summed E-state index contributed by atoms with van der Waals surface area (Å²) in [4.78, 5) is 38.2. The molecule has 0 saturated carbocycles. The fraction of sp³-hybridized carbons (Fsp3) is 0.158. The summed E-state index contributed by atoms with van der Waals surface area (Å²) in [6.07, 6.45) is 4.67. The van der Waals surface area contributed by atoms with Gasteiger partial charge < -0.3 is 4.74 Å². The van der Waals surface area contributed by atoms with E-state index in [1.165, 1.54) is 6.20 Å². The topological polar surface area (TPSA) is 99.9 Å². The molecule has 146 valence electrons. The molecule has 0 unspecified atom stereocenters. The van der Waals surface area contributed by atoms with Crippen LogP contribution in [0.1, 0.15) is 22.8 Å². The maximum absolute atomic E-state index is 13.0.